The average Bonchev–Trinajstić information content (AvgIpc) is 3.70. The number of carbonyl (C=O) groups is 2. The number of amides is 2. The van der Waals surface area contributed by atoms with Crippen LogP contribution in [0.25, 0.3) is 11.1 Å². The third-order valence-corrected chi connectivity index (χ3v) is 7.16. The molecule has 0 heterocycles. The normalized spacial score (nSPS) is 13.3. The molecule has 1 fully saturated rings. The van der Waals surface area contributed by atoms with Crippen LogP contribution in [-0.4, -0.2) is 40.0 Å². The number of benzene rings is 3. The van der Waals surface area contributed by atoms with Gasteiger partial charge in [-0.05, 0) is 105 Å². The molecule has 0 atom stereocenters. The van der Waals surface area contributed by atoms with Crippen molar-refractivity contribution in [2.24, 2.45) is 5.92 Å². The lowest BCUT2D eigenvalue weighted by Crippen LogP contribution is -2.34. The molecule has 3 aromatic rings. The highest BCUT2D eigenvalue weighted by atomic mass is 16.3. The largest absolute Gasteiger partial charge is 0.504 e. The second-order valence-corrected chi connectivity index (χ2v) is 10.6. The van der Waals surface area contributed by atoms with E-state index in [4.69, 9.17) is 0 Å². The lowest BCUT2D eigenvalue weighted by Gasteiger charge is -2.25. The lowest BCUT2D eigenvalue weighted by molar-refractivity contribution is -0.120. The second kappa shape index (κ2) is 10.7. The van der Waals surface area contributed by atoms with Crippen molar-refractivity contribution in [2.75, 3.05) is 18.4 Å². The van der Waals surface area contributed by atoms with Crippen LogP contribution in [0.3, 0.4) is 0 Å². The number of nitrogens with zero attached hydrogens (tertiary/aromatic N) is 1. The summed E-state index contributed by atoms with van der Waals surface area (Å²) < 4.78 is 0. The van der Waals surface area contributed by atoms with E-state index in [-0.39, 0.29) is 23.3 Å². The van der Waals surface area contributed by atoms with Crippen LogP contribution in [0.4, 0.5) is 5.69 Å². The van der Waals surface area contributed by atoms with Gasteiger partial charge in [-0.1, -0.05) is 31.2 Å². The first kappa shape index (κ1) is 26.3. The molecule has 1 aliphatic carbocycles. The van der Waals surface area contributed by atoms with E-state index in [1.54, 1.807) is 19.9 Å². The molecule has 4 rings (SSSR count). The van der Waals surface area contributed by atoms with E-state index in [2.05, 4.69) is 12.2 Å². The first-order chi connectivity index (χ1) is 17.6. The molecule has 6 nitrogen and oxygen atoms in total. The molecule has 0 spiro atoms. The molecule has 0 aromatic heterocycles. The molecule has 0 aliphatic heterocycles. The number of aryl methyl sites for hydroxylation is 1. The number of nitrogens with one attached hydrogen (secondary N) is 1. The average molecular weight is 501 g/mol. The smallest absolute Gasteiger partial charge is 0.253 e. The van der Waals surface area contributed by atoms with Crippen molar-refractivity contribution in [1.29, 1.82) is 0 Å². The summed E-state index contributed by atoms with van der Waals surface area (Å²) in [6.45, 7) is 9.27. The van der Waals surface area contributed by atoms with Crippen molar-refractivity contribution in [3.05, 3.63) is 77.4 Å². The van der Waals surface area contributed by atoms with Gasteiger partial charge in [0.05, 0.1) is 5.41 Å². The van der Waals surface area contributed by atoms with E-state index in [0.29, 0.717) is 22.7 Å². The summed E-state index contributed by atoms with van der Waals surface area (Å²) in [7, 11) is 0. The fraction of sp³-hybridized carbons (Fsp3) is 0.355. The number of phenols is 2. The minimum Gasteiger partial charge on any atom is -0.504 e. The maximum atomic E-state index is 13.2. The zero-order chi connectivity index (χ0) is 26.7. The first-order valence-electron chi connectivity index (χ1n) is 12.9. The summed E-state index contributed by atoms with van der Waals surface area (Å²) in [6.07, 6.45) is 3.37. The van der Waals surface area contributed by atoms with Gasteiger partial charge < -0.3 is 20.4 Å². The highest BCUT2D eigenvalue weighted by Crippen LogP contribution is 2.34. The van der Waals surface area contributed by atoms with Crippen LogP contribution in [-0.2, 0) is 10.2 Å². The van der Waals surface area contributed by atoms with E-state index in [9.17, 15) is 19.8 Å². The summed E-state index contributed by atoms with van der Waals surface area (Å²) >= 11 is 0. The van der Waals surface area contributed by atoms with Crippen molar-refractivity contribution in [3.63, 3.8) is 0 Å². The Kier molecular flexibility index (Phi) is 7.58. The van der Waals surface area contributed by atoms with Crippen molar-refractivity contribution in [3.8, 4) is 22.6 Å². The summed E-state index contributed by atoms with van der Waals surface area (Å²) in [4.78, 5) is 28.2. The van der Waals surface area contributed by atoms with Gasteiger partial charge in [0.15, 0.2) is 11.5 Å². The number of hydrogen-bond acceptors (Lipinski definition) is 4. The molecule has 3 aromatic carbocycles. The molecule has 0 unspecified atom stereocenters. The van der Waals surface area contributed by atoms with E-state index in [1.165, 1.54) is 25.0 Å². The summed E-state index contributed by atoms with van der Waals surface area (Å²) in [5.74, 6) is 0.0146. The SMILES string of the molecule is CCCN(CC1CC1)C(=O)c1ccc(-c2cc(NC(=O)C(C)(C)c3ccc(O)c(O)c3)ccc2C)cc1. The molecule has 3 N–H and O–H groups in total. The van der Waals surface area contributed by atoms with Crippen LogP contribution in [0.1, 0.15) is 61.5 Å². The standard InChI is InChI=1S/C31H36N2O4/c1-5-16-33(19-21-7-8-21)29(36)23-11-9-22(10-12-23)26-18-25(14-6-20(26)2)32-30(37)31(3,4)24-13-15-27(34)28(35)17-24/h6,9-15,17-18,21,34-35H,5,7-8,16,19H2,1-4H3,(H,32,37). The molecule has 6 heteroatoms. The van der Waals surface area contributed by atoms with E-state index < -0.39 is 5.41 Å². The van der Waals surface area contributed by atoms with Gasteiger partial charge in [-0.2, -0.15) is 0 Å². The number of aromatic hydroxyl groups is 2. The predicted molar refractivity (Wildman–Crippen MR) is 147 cm³/mol. The Morgan fingerprint density at radius 2 is 1.68 bits per heavy atom. The maximum absolute atomic E-state index is 13.2. The summed E-state index contributed by atoms with van der Waals surface area (Å²) in [5.41, 5.74) is 3.99. The van der Waals surface area contributed by atoms with E-state index >= 15 is 0 Å². The maximum Gasteiger partial charge on any atom is 0.253 e. The number of anilines is 1. The van der Waals surface area contributed by atoms with E-state index in [0.717, 1.165) is 36.2 Å². The molecule has 0 bridgehead atoms. The van der Waals surface area contributed by atoms with Gasteiger partial charge in [0.2, 0.25) is 5.91 Å². The van der Waals surface area contributed by atoms with Crippen LogP contribution >= 0.6 is 0 Å². The quantitative estimate of drug-likeness (QED) is 0.303. The van der Waals surface area contributed by atoms with Crippen molar-refractivity contribution < 1.29 is 19.8 Å². The first-order valence-corrected chi connectivity index (χ1v) is 12.9. The number of phenolic OH excluding ortho intramolecular Hbond substituents is 2. The van der Waals surface area contributed by atoms with Gasteiger partial charge in [0, 0.05) is 24.3 Å². The van der Waals surface area contributed by atoms with Gasteiger partial charge in [0.25, 0.3) is 5.91 Å². The molecule has 194 valence electrons. The van der Waals surface area contributed by atoms with Crippen LogP contribution in [0.15, 0.2) is 60.7 Å². The van der Waals surface area contributed by atoms with Crippen LogP contribution in [0, 0.1) is 12.8 Å². The highest BCUT2D eigenvalue weighted by Gasteiger charge is 2.31. The number of carbonyl (C=O) groups excluding carboxylic acids is 2. The predicted octanol–water partition coefficient (Wildman–Crippen LogP) is 6.25. The Balaban J connectivity index is 1.52. The lowest BCUT2D eigenvalue weighted by atomic mass is 9.83. The third kappa shape index (κ3) is 5.96. The van der Waals surface area contributed by atoms with Crippen LogP contribution in [0.2, 0.25) is 0 Å². The Morgan fingerprint density at radius 3 is 2.30 bits per heavy atom. The topological polar surface area (TPSA) is 89.9 Å². The third-order valence-electron chi connectivity index (χ3n) is 7.16. The fourth-order valence-electron chi connectivity index (χ4n) is 4.47. The zero-order valence-electron chi connectivity index (χ0n) is 22.0. The number of rotatable bonds is 9. The Bertz CT molecular complexity index is 1290. The molecule has 37 heavy (non-hydrogen) atoms. The molecule has 2 amide bonds. The fourth-order valence-corrected chi connectivity index (χ4v) is 4.47. The van der Waals surface area contributed by atoms with Crippen molar-refractivity contribution >= 4 is 17.5 Å². The Hall–Kier alpha value is -3.80. The van der Waals surface area contributed by atoms with Crippen LogP contribution < -0.4 is 5.32 Å². The van der Waals surface area contributed by atoms with Gasteiger partial charge >= 0.3 is 0 Å². The molecule has 1 aliphatic rings. The van der Waals surface area contributed by atoms with Crippen molar-refractivity contribution in [1.82, 2.24) is 4.90 Å². The minimum absolute atomic E-state index is 0.0838. The van der Waals surface area contributed by atoms with Gasteiger partial charge in [-0.25, -0.2) is 0 Å². The van der Waals surface area contributed by atoms with Crippen LogP contribution in [0.5, 0.6) is 11.5 Å². The van der Waals surface area contributed by atoms with Gasteiger partial charge in [-0.3, -0.25) is 9.59 Å². The number of hydrogen-bond donors (Lipinski definition) is 3. The second-order valence-electron chi connectivity index (χ2n) is 10.6. The molecule has 1 saturated carbocycles. The highest BCUT2D eigenvalue weighted by molar-refractivity contribution is 5.99. The monoisotopic (exact) mass is 500 g/mol. The zero-order valence-corrected chi connectivity index (χ0v) is 22.0. The van der Waals surface area contributed by atoms with E-state index in [1.807, 2.05) is 54.3 Å². The van der Waals surface area contributed by atoms with Gasteiger partial charge in [-0.15, -0.1) is 0 Å². The Labute approximate surface area is 219 Å². The molecule has 0 saturated heterocycles. The molecule has 0 radical (unpaired) electrons. The van der Waals surface area contributed by atoms with Gasteiger partial charge in [0.1, 0.15) is 0 Å². The summed E-state index contributed by atoms with van der Waals surface area (Å²) in [5, 5.41) is 22.5. The Morgan fingerprint density at radius 1 is 0.973 bits per heavy atom. The summed E-state index contributed by atoms with van der Waals surface area (Å²) in [6, 6.07) is 17.9. The van der Waals surface area contributed by atoms with Crippen molar-refractivity contribution in [2.45, 2.75) is 52.4 Å². The molecular weight excluding hydrogens is 464 g/mol. The molecular formula is C31H36N2O4. The minimum atomic E-state index is -0.941.